The Morgan fingerprint density at radius 3 is 2.36 bits per heavy atom. The summed E-state index contributed by atoms with van der Waals surface area (Å²) in [6, 6.07) is -0.287. The predicted octanol–water partition coefficient (Wildman–Crippen LogP) is 7.27. The number of carboxylic acids is 1. The molecule has 3 amide bonds. The lowest BCUT2D eigenvalue weighted by atomic mass is 9.87. The zero-order chi connectivity index (χ0) is 35.3. The van der Waals surface area contributed by atoms with E-state index in [4.69, 9.17) is 9.47 Å². The molecule has 268 valence electrons. The normalized spacial score (nSPS) is 17.9. The summed E-state index contributed by atoms with van der Waals surface area (Å²) in [4.78, 5) is 61.3. The molecular formula is C35H60N4O7S. The lowest BCUT2D eigenvalue weighted by Gasteiger charge is -2.40. The smallest absolute Gasteiger partial charge is 0.411 e. The zero-order valence-electron chi connectivity index (χ0n) is 30.2. The maximum atomic E-state index is 14.7. The van der Waals surface area contributed by atoms with Crippen LogP contribution in [0.3, 0.4) is 0 Å². The van der Waals surface area contributed by atoms with Gasteiger partial charge in [-0.25, -0.2) is 14.6 Å². The van der Waals surface area contributed by atoms with Gasteiger partial charge in [-0.05, 0) is 65.2 Å². The maximum absolute atomic E-state index is 14.7. The standard InChI is InChI=1S/C35H60N4O7S/c1-10-13-14-16-19-38(26(23(4)5)21-27(45-12-3)31-36-25(22-47-31)33(42)43)32(41)29(24(6)11-2)30(40)37-28-18-15-17-20-39(28)34(44)46-35(7,8)9/h22-24,26-29H,10-21H2,1-9H3,(H,37,40)(H,42,43)/t24-,26+,27+,28+,29-/m0/s1. The molecule has 0 aliphatic carbocycles. The van der Waals surface area contributed by atoms with E-state index in [1.54, 1.807) is 4.90 Å². The van der Waals surface area contributed by atoms with Crippen LogP contribution in [0.25, 0.3) is 0 Å². The molecule has 0 radical (unpaired) electrons. The largest absolute Gasteiger partial charge is 0.476 e. The molecule has 2 heterocycles. The van der Waals surface area contributed by atoms with Crippen molar-refractivity contribution in [3.63, 3.8) is 0 Å². The van der Waals surface area contributed by atoms with Crippen LogP contribution in [0.1, 0.15) is 142 Å². The van der Waals surface area contributed by atoms with Crippen molar-refractivity contribution in [2.45, 2.75) is 144 Å². The molecule has 5 atom stereocenters. The Balaban J connectivity index is 2.45. The number of unbranched alkanes of at least 4 members (excludes halogenated alkanes) is 3. The first-order chi connectivity index (χ1) is 22.1. The molecule has 1 aromatic rings. The minimum absolute atomic E-state index is 0.0219. The number of nitrogens with one attached hydrogen (secondary N) is 1. The minimum Gasteiger partial charge on any atom is -0.476 e. The number of ether oxygens (including phenoxy) is 2. The number of aromatic nitrogens is 1. The number of rotatable bonds is 18. The van der Waals surface area contributed by atoms with Gasteiger partial charge in [-0.15, -0.1) is 11.3 Å². The third-order valence-corrected chi connectivity index (χ3v) is 9.68. The Hall–Kier alpha value is -2.73. The van der Waals surface area contributed by atoms with Gasteiger partial charge in [0.2, 0.25) is 11.8 Å². The topological polar surface area (TPSA) is 138 Å². The van der Waals surface area contributed by atoms with E-state index in [-0.39, 0.29) is 35.4 Å². The third kappa shape index (κ3) is 12.3. The summed E-state index contributed by atoms with van der Waals surface area (Å²) in [5.74, 6) is -2.87. The zero-order valence-corrected chi connectivity index (χ0v) is 31.0. The highest BCUT2D eigenvalue weighted by Crippen LogP contribution is 2.33. The first-order valence-corrected chi connectivity index (χ1v) is 18.4. The van der Waals surface area contributed by atoms with Gasteiger partial charge >= 0.3 is 12.1 Å². The lowest BCUT2D eigenvalue weighted by molar-refractivity contribution is -0.148. The van der Waals surface area contributed by atoms with Crippen LogP contribution in [-0.4, -0.2) is 81.3 Å². The molecule has 0 unspecified atom stereocenters. The quantitative estimate of drug-likeness (QED) is 0.122. The lowest BCUT2D eigenvalue weighted by Crippen LogP contribution is -2.58. The first kappa shape index (κ1) is 40.4. The van der Waals surface area contributed by atoms with Gasteiger partial charge in [-0.2, -0.15) is 0 Å². The highest BCUT2D eigenvalue weighted by atomic mass is 32.1. The highest BCUT2D eigenvalue weighted by molar-refractivity contribution is 7.09. The van der Waals surface area contributed by atoms with Crippen LogP contribution in [0, 0.1) is 17.8 Å². The Morgan fingerprint density at radius 1 is 1.11 bits per heavy atom. The van der Waals surface area contributed by atoms with Gasteiger partial charge in [0.25, 0.3) is 0 Å². The summed E-state index contributed by atoms with van der Waals surface area (Å²) in [5.41, 5.74) is -0.699. The van der Waals surface area contributed by atoms with E-state index < -0.39 is 35.9 Å². The van der Waals surface area contributed by atoms with Gasteiger partial charge in [0.05, 0.1) is 0 Å². The van der Waals surface area contributed by atoms with Gasteiger partial charge in [0.1, 0.15) is 28.8 Å². The fraction of sp³-hybridized carbons (Fsp3) is 0.800. The SMILES string of the molecule is CCCCCCN(C(=O)[C@H](C(=O)N[C@H]1CCCCN1C(=O)OC(C)(C)C)[C@@H](C)CC)[C@H](C[C@@H](OCC)c1nc(C(=O)O)cs1)C(C)C. The molecule has 11 nitrogen and oxygen atoms in total. The van der Waals surface area contributed by atoms with Crippen LogP contribution in [0.5, 0.6) is 0 Å². The summed E-state index contributed by atoms with van der Waals surface area (Å²) in [5, 5.41) is 14.6. The maximum Gasteiger partial charge on any atom is 0.411 e. The summed E-state index contributed by atoms with van der Waals surface area (Å²) < 4.78 is 11.8. The molecule has 0 bridgehead atoms. The molecule has 1 aliphatic rings. The summed E-state index contributed by atoms with van der Waals surface area (Å²) in [7, 11) is 0. The number of likely N-dealkylation sites (tertiary alicyclic amines) is 1. The van der Waals surface area contributed by atoms with Crippen LogP contribution in [-0.2, 0) is 19.1 Å². The number of piperidine rings is 1. The Morgan fingerprint density at radius 2 is 1.81 bits per heavy atom. The van der Waals surface area contributed by atoms with Crippen molar-refractivity contribution in [3.8, 4) is 0 Å². The second-order valence-corrected chi connectivity index (χ2v) is 14.9. The fourth-order valence-corrected chi connectivity index (χ4v) is 6.86. The Labute approximate surface area is 286 Å². The monoisotopic (exact) mass is 680 g/mol. The van der Waals surface area contributed by atoms with E-state index in [9.17, 15) is 24.3 Å². The third-order valence-electron chi connectivity index (χ3n) is 8.75. The fourth-order valence-electron chi connectivity index (χ4n) is 6.01. The molecule has 0 saturated carbocycles. The number of carbonyl (C=O) groups excluding carboxylic acids is 3. The number of hydrogen-bond donors (Lipinski definition) is 2. The van der Waals surface area contributed by atoms with Gasteiger partial charge in [0.15, 0.2) is 5.69 Å². The predicted molar refractivity (Wildman–Crippen MR) is 184 cm³/mol. The Kier molecular flexibility index (Phi) is 16.6. The van der Waals surface area contributed by atoms with E-state index in [0.717, 1.165) is 38.5 Å². The summed E-state index contributed by atoms with van der Waals surface area (Å²) in [6.07, 6.45) is 5.62. The number of amides is 3. The van der Waals surface area contributed by atoms with Gasteiger partial charge < -0.3 is 24.8 Å². The van der Waals surface area contributed by atoms with Crippen LogP contribution in [0.15, 0.2) is 5.38 Å². The van der Waals surface area contributed by atoms with Crippen LogP contribution >= 0.6 is 11.3 Å². The number of carboxylic acid groups (broad SMARTS) is 1. The molecule has 0 aromatic carbocycles. The van der Waals surface area contributed by atoms with Crippen molar-refractivity contribution in [2.24, 2.45) is 17.8 Å². The van der Waals surface area contributed by atoms with Gasteiger partial charge in [-0.1, -0.05) is 60.3 Å². The van der Waals surface area contributed by atoms with E-state index >= 15 is 0 Å². The molecule has 2 rings (SSSR count). The van der Waals surface area contributed by atoms with Crippen molar-refractivity contribution >= 4 is 35.2 Å². The average Bonchev–Trinajstić information content (AvgIpc) is 3.50. The van der Waals surface area contributed by atoms with E-state index in [1.165, 1.54) is 16.7 Å². The van der Waals surface area contributed by atoms with Crippen molar-refractivity contribution in [2.75, 3.05) is 19.7 Å². The van der Waals surface area contributed by atoms with Crippen LogP contribution in [0.2, 0.25) is 0 Å². The number of nitrogens with zero attached hydrogens (tertiary/aromatic N) is 3. The average molecular weight is 681 g/mol. The molecule has 2 N–H and O–H groups in total. The molecular weight excluding hydrogens is 620 g/mol. The van der Waals surface area contributed by atoms with E-state index in [1.807, 2.05) is 46.4 Å². The van der Waals surface area contributed by atoms with Crippen molar-refractivity contribution in [1.82, 2.24) is 20.1 Å². The van der Waals surface area contributed by atoms with Crippen LogP contribution < -0.4 is 5.32 Å². The highest BCUT2D eigenvalue weighted by Gasteiger charge is 2.41. The van der Waals surface area contributed by atoms with Crippen LogP contribution in [0.4, 0.5) is 4.79 Å². The molecule has 0 spiro atoms. The van der Waals surface area contributed by atoms with Crippen molar-refractivity contribution in [3.05, 3.63) is 16.1 Å². The molecule has 1 aromatic heterocycles. The number of thiazole rings is 1. The van der Waals surface area contributed by atoms with Gasteiger partial charge in [-0.3, -0.25) is 14.5 Å². The molecule has 1 saturated heterocycles. The molecule has 1 fully saturated rings. The summed E-state index contributed by atoms with van der Waals surface area (Å²) >= 11 is 1.24. The van der Waals surface area contributed by atoms with E-state index in [0.29, 0.717) is 44.0 Å². The number of hydrogen-bond acceptors (Lipinski definition) is 8. The number of aromatic carboxylic acids is 1. The molecule has 47 heavy (non-hydrogen) atoms. The first-order valence-electron chi connectivity index (χ1n) is 17.6. The number of carbonyl (C=O) groups is 4. The summed E-state index contributed by atoms with van der Waals surface area (Å²) in [6.45, 7) is 18.9. The van der Waals surface area contributed by atoms with Crippen molar-refractivity contribution in [1.29, 1.82) is 0 Å². The molecule has 12 heteroatoms. The minimum atomic E-state index is -1.10. The second-order valence-electron chi connectivity index (χ2n) is 14.0. The Bertz CT molecular complexity index is 1150. The molecule has 1 aliphatic heterocycles. The van der Waals surface area contributed by atoms with E-state index in [2.05, 4.69) is 31.1 Å². The second kappa shape index (κ2) is 19.3. The van der Waals surface area contributed by atoms with Gasteiger partial charge in [0, 0.05) is 37.5 Å². The van der Waals surface area contributed by atoms with Crippen molar-refractivity contribution < 1.29 is 33.8 Å².